The fourth-order valence-electron chi connectivity index (χ4n) is 1.67. The van der Waals surface area contributed by atoms with Gasteiger partial charge in [0.05, 0.1) is 11.8 Å². The minimum Gasteiger partial charge on any atom is -0.444 e. The fraction of sp³-hybridized carbons (Fsp3) is 0.750. The molecule has 6 nitrogen and oxygen atoms in total. The van der Waals surface area contributed by atoms with Crippen molar-refractivity contribution in [3.05, 3.63) is 0 Å². The number of hydrogen-bond acceptors (Lipinski definition) is 5. The summed E-state index contributed by atoms with van der Waals surface area (Å²) >= 11 is 0. The highest BCUT2D eigenvalue weighted by atomic mass is 16.6. The lowest BCUT2D eigenvalue weighted by molar-refractivity contribution is -0.127. The molecule has 102 valence electrons. The minimum absolute atomic E-state index is 0.0560. The number of amides is 1. The Kier molecular flexibility index (Phi) is 4.32. The summed E-state index contributed by atoms with van der Waals surface area (Å²) in [5, 5.41) is 11.5. The largest absolute Gasteiger partial charge is 0.444 e. The van der Waals surface area contributed by atoms with E-state index in [0.717, 1.165) is 0 Å². The molecule has 1 atom stereocenters. The van der Waals surface area contributed by atoms with Crippen molar-refractivity contribution < 1.29 is 19.5 Å². The van der Waals surface area contributed by atoms with Crippen molar-refractivity contribution in [1.82, 2.24) is 4.90 Å². The van der Waals surface area contributed by atoms with Crippen molar-refractivity contribution in [2.75, 3.05) is 6.54 Å². The van der Waals surface area contributed by atoms with Gasteiger partial charge in [-0.25, -0.2) is 4.79 Å². The van der Waals surface area contributed by atoms with Gasteiger partial charge in [0.15, 0.2) is 5.78 Å². The lowest BCUT2D eigenvalue weighted by atomic mass is 9.96. The Hall–Kier alpha value is -1.59. The number of ketones is 1. The third kappa shape index (κ3) is 3.72. The molecule has 1 N–H and O–H groups in total. The maximum Gasteiger partial charge on any atom is 0.410 e. The van der Waals surface area contributed by atoms with E-state index in [0.29, 0.717) is 18.7 Å². The molecule has 1 heterocycles. The fourth-order valence-corrected chi connectivity index (χ4v) is 1.67. The van der Waals surface area contributed by atoms with Crippen molar-refractivity contribution in [2.45, 2.75) is 52.2 Å². The number of nitrogens with zero attached hydrogens (tertiary/aromatic N) is 2. The monoisotopic (exact) mass is 256 g/mol. The average molecular weight is 256 g/mol. The molecule has 1 amide bonds. The van der Waals surface area contributed by atoms with Crippen molar-refractivity contribution in [2.24, 2.45) is 5.16 Å². The van der Waals surface area contributed by atoms with E-state index < -0.39 is 17.7 Å². The van der Waals surface area contributed by atoms with Crippen LogP contribution in [0.4, 0.5) is 4.79 Å². The first-order valence-electron chi connectivity index (χ1n) is 5.94. The van der Waals surface area contributed by atoms with E-state index in [2.05, 4.69) is 5.16 Å². The summed E-state index contributed by atoms with van der Waals surface area (Å²) in [5.41, 5.74) is -0.223. The number of likely N-dealkylation sites (tertiary alicyclic amines) is 1. The van der Waals surface area contributed by atoms with E-state index >= 15 is 0 Å². The standard InChI is InChI=1S/C12H20N2O4/c1-8(13-17)7-10(15)9-5-6-14(9)11(16)18-12(2,3)4/h9,17H,5-7H2,1-4H3/b13-8+. The van der Waals surface area contributed by atoms with E-state index in [4.69, 9.17) is 9.94 Å². The highest BCUT2D eigenvalue weighted by molar-refractivity contribution is 6.04. The van der Waals surface area contributed by atoms with E-state index in [1.165, 1.54) is 4.90 Å². The second-order valence-corrected chi connectivity index (χ2v) is 5.46. The molecule has 0 saturated carbocycles. The third-order valence-corrected chi connectivity index (χ3v) is 2.62. The Labute approximate surface area is 107 Å². The van der Waals surface area contributed by atoms with Gasteiger partial charge >= 0.3 is 6.09 Å². The molecule has 18 heavy (non-hydrogen) atoms. The molecule has 1 fully saturated rings. The van der Waals surface area contributed by atoms with Crippen LogP contribution in [0.5, 0.6) is 0 Å². The van der Waals surface area contributed by atoms with Crippen LogP contribution < -0.4 is 0 Å². The maximum atomic E-state index is 11.8. The Morgan fingerprint density at radius 1 is 1.44 bits per heavy atom. The lowest BCUT2D eigenvalue weighted by Crippen LogP contribution is -2.56. The van der Waals surface area contributed by atoms with Crippen LogP contribution in [0.25, 0.3) is 0 Å². The molecule has 1 rings (SSSR count). The van der Waals surface area contributed by atoms with Crippen molar-refractivity contribution in [3.8, 4) is 0 Å². The summed E-state index contributed by atoms with van der Waals surface area (Å²) in [6.45, 7) is 7.44. The van der Waals surface area contributed by atoms with E-state index in [9.17, 15) is 9.59 Å². The second kappa shape index (κ2) is 5.37. The van der Waals surface area contributed by atoms with Gasteiger partial charge in [-0.2, -0.15) is 0 Å². The molecule has 1 aliphatic rings. The van der Waals surface area contributed by atoms with Gasteiger partial charge in [0.1, 0.15) is 5.60 Å². The number of Topliss-reactive ketones (excluding diaryl/α,β-unsaturated/α-hetero) is 1. The third-order valence-electron chi connectivity index (χ3n) is 2.62. The molecule has 1 saturated heterocycles. The molecule has 0 aromatic rings. The van der Waals surface area contributed by atoms with Crippen molar-refractivity contribution in [1.29, 1.82) is 0 Å². The minimum atomic E-state index is -0.567. The zero-order chi connectivity index (χ0) is 13.9. The lowest BCUT2D eigenvalue weighted by Gasteiger charge is -2.40. The summed E-state index contributed by atoms with van der Waals surface area (Å²) in [6.07, 6.45) is 0.225. The summed E-state index contributed by atoms with van der Waals surface area (Å²) < 4.78 is 5.21. The molecule has 0 aromatic heterocycles. The maximum absolute atomic E-state index is 11.8. The van der Waals surface area contributed by atoms with Crippen molar-refractivity contribution in [3.63, 3.8) is 0 Å². The Balaban J connectivity index is 2.55. The zero-order valence-electron chi connectivity index (χ0n) is 11.3. The normalized spacial score (nSPS) is 20.3. The van der Waals surface area contributed by atoms with Crippen molar-refractivity contribution >= 4 is 17.6 Å². The van der Waals surface area contributed by atoms with Gasteiger partial charge in [0, 0.05) is 13.0 Å². The average Bonchev–Trinajstić information content (AvgIpc) is 2.11. The van der Waals surface area contributed by atoms with Gasteiger partial charge in [-0.05, 0) is 34.1 Å². The second-order valence-electron chi connectivity index (χ2n) is 5.46. The SMILES string of the molecule is C/C(CC(=O)C1CCN1C(=O)OC(C)(C)C)=N\O. The van der Waals surface area contributed by atoms with E-state index in [1.54, 1.807) is 27.7 Å². The van der Waals surface area contributed by atoms with E-state index in [1.807, 2.05) is 0 Å². The van der Waals surface area contributed by atoms with Gasteiger partial charge in [-0.3, -0.25) is 9.69 Å². The first kappa shape index (κ1) is 14.5. The number of carbonyl (C=O) groups is 2. The molecule has 0 spiro atoms. The summed E-state index contributed by atoms with van der Waals surface area (Å²) in [7, 11) is 0. The highest BCUT2D eigenvalue weighted by Crippen LogP contribution is 2.22. The number of oxime groups is 1. The molecule has 1 aliphatic heterocycles. The number of rotatable bonds is 3. The molecule has 6 heteroatoms. The van der Waals surface area contributed by atoms with Crippen LogP contribution in [0.2, 0.25) is 0 Å². The smallest absolute Gasteiger partial charge is 0.410 e. The summed E-state index contributed by atoms with van der Waals surface area (Å²) in [4.78, 5) is 25.0. The molecule has 0 radical (unpaired) electrons. The van der Waals surface area contributed by atoms with Crippen LogP contribution in [0.3, 0.4) is 0 Å². The quantitative estimate of drug-likeness (QED) is 0.474. The topological polar surface area (TPSA) is 79.2 Å². The van der Waals surface area contributed by atoms with Gasteiger partial charge in [-0.1, -0.05) is 5.16 Å². The molecule has 0 bridgehead atoms. The van der Waals surface area contributed by atoms with Gasteiger partial charge in [-0.15, -0.1) is 0 Å². The number of hydrogen-bond donors (Lipinski definition) is 1. The van der Waals surface area contributed by atoms with Crippen LogP contribution in [0.1, 0.15) is 40.5 Å². The molecular weight excluding hydrogens is 236 g/mol. The van der Waals surface area contributed by atoms with Crippen LogP contribution in [0, 0.1) is 0 Å². The van der Waals surface area contributed by atoms with E-state index in [-0.39, 0.29) is 12.2 Å². The van der Waals surface area contributed by atoms with Crippen LogP contribution >= 0.6 is 0 Å². The van der Waals surface area contributed by atoms with Crippen LogP contribution in [-0.2, 0) is 9.53 Å². The summed E-state index contributed by atoms with van der Waals surface area (Å²) in [5.74, 6) is -0.123. The molecular formula is C12H20N2O4. The van der Waals surface area contributed by atoms with Gasteiger partial charge in [0.25, 0.3) is 0 Å². The molecule has 0 aromatic carbocycles. The number of carbonyl (C=O) groups excluding carboxylic acids is 2. The van der Waals surface area contributed by atoms with Gasteiger partial charge in [0.2, 0.25) is 0 Å². The Morgan fingerprint density at radius 2 is 2.06 bits per heavy atom. The first-order valence-corrected chi connectivity index (χ1v) is 5.94. The van der Waals surface area contributed by atoms with Crippen LogP contribution in [0.15, 0.2) is 5.16 Å². The summed E-state index contributed by atoms with van der Waals surface area (Å²) in [6, 6.07) is -0.448. The Bertz CT molecular complexity index is 371. The molecule has 0 aliphatic carbocycles. The van der Waals surface area contributed by atoms with Gasteiger partial charge < -0.3 is 9.94 Å². The first-order chi connectivity index (χ1) is 8.24. The predicted molar refractivity (Wildman–Crippen MR) is 65.9 cm³/mol. The van der Waals surface area contributed by atoms with Crippen LogP contribution in [-0.4, -0.2) is 45.9 Å². The number of ether oxygens (including phenoxy) is 1. The predicted octanol–water partition coefficient (Wildman–Crippen LogP) is 1.81. The Morgan fingerprint density at radius 3 is 2.44 bits per heavy atom. The molecule has 1 unspecified atom stereocenters. The zero-order valence-corrected chi connectivity index (χ0v) is 11.3. The highest BCUT2D eigenvalue weighted by Gasteiger charge is 2.39.